The molecule has 1 heterocycles. The Labute approximate surface area is 138 Å². The van der Waals surface area contributed by atoms with Crippen molar-refractivity contribution in [1.29, 1.82) is 0 Å². The second kappa shape index (κ2) is 5.83. The second-order valence-electron chi connectivity index (χ2n) is 5.07. The molecule has 0 aromatic heterocycles. The molecule has 5 N–H and O–H groups in total. The molecule has 7 heteroatoms. The van der Waals surface area contributed by atoms with Crippen LogP contribution in [0.15, 0.2) is 60.0 Å². The zero-order valence-electron chi connectivity index (χ0n) is 12.5. The first-order chi connectivity index (χ1) is 11.0. The Balaban J connectivity index is 2.30. The number of benzene rings is 2. The summed E-state index contributed by atoms with van der Waals surface area (Å²) in [7, 11) is 1.77. The molecule has 0 aliphatic carbocycles. The van der Waals surface area contributed by atoms with Crippen LogP contribution in [0.4, 0.5) is 17.1 Å². The number of amides is 1. The number of rotatable bonds is 2. The molecule has 3 rings (SSSR count). The van der Waals surface area contributed by atoms with Gasteiger partial charge in [0.05, 0.1) is 11.4 Å². The summed E-state index contributed by atoms with van der Waals surface area (Å²) >= 11 is 6.14. The van der Waals surface area contributed by atoms with Crippen LogP contribution in [0.25, 0.3) is 0 Å². The van der Waals surface area contributed by atoms with Crippen molar-refractivity contribution in [1.82, 2.24) is 5.43 Å². The van der Waals surface area contributed by atoms with Gasteiger partial charge in [-0.1, -0.05) is 29.8 Å². The molecule has 6 nitrogen and oxygen atoms in total. The molecule has 23 heavy (non-hydrogen) atoms. The first-order valence-corrected chi connectivity index (χ1v) is 7.31. The molecule has 0 bridgehead atoms. The van der Waals surface area contributed by atoms with E-state index in [0.717, 1.165) is 5.69 Å². The van der Waals surface area contributed by atoms with Gasteiger partial charge in [-0.15, -0.1) is 0 Å². The first-order valence-electron chi connectivity index (χ1n) is 6.93. The topological polar surface area (TPSA) is 87.6 Å². The zero-order valence-corrected chi connectivity index (χ0v) is 13.2. The summed E-state index contributed by atoms with van der Waals surface area (Å²) in [5.74, 6) is 5.51. The van der Waals surface area contributed by atoms with Gasteiger partial charge in [0.15, 0.2) is 0 Å². The third-order valence-electron chi connectivity index (χ3n) is 3.71. The number of anilines is 3. The summed E-state index contributed by atoms with van der Waals surface area (Å²) in [4.78, 5) is 16.2. The molecule has 0 saturated carbocycles. The van der Waals surface area contributed by atoms with Gasteiger partial charge in [-0.2, -0.15) is 0 Å². The van der Waals surface area contributed by atoms with Crippen LogP contribution >= 0.6 is 11.6 Å². The maximum absolute atomic E-state index is 12.9. The molecular weight excluding hydrogens is 314 g/mol. The van der Waals surface area contributed by atoms with Gasteiger partial charge in [0.2, 0.25) is 0 Å². The first kappa shape index (κ1) is 15.2. The Hall–Kier alpha value is -2.70. The summed E-state index contributed by atoms with van der Waals surface area (Å²) in [6.45, 7) is 0. The van der Waals surface area contributed by atoms with Gasteiger partial charge < -0.3 is 16.1 Å². The quantitative estimate of drug-likeness (QED) is 0.580. The van der Waals surface area contributed by atoms with Crippen molar-refractivity contribution >= 4 is 34.6 Å². The predicted molar refractivity (Wildman–Crippen MR) is 92.0 cm³/mol. The van der Waals surface area contributed by atoms with Crippen LogP contribution in [0.2, 0.25) is 5.02 Å². The Morgan fingerprint density at radius 2 is 1.78 bits per heavy atom. The predicted octanol–water partition coefficient (Wildman–Crippen LogP) is 2.05. The molecule has 118 valence electrons. The summed E-state index contributed by atoms with van der Waals surface area (Å²) in [6, 6.07) is 14.5. The molecule has 1 amide bonds. The van der Waals surface area contributed by atoms with E-state index < -0.39 is 0 Å². The lowest BCUT2D eigenvalue weighted by atomic mass is 10.2. The number of fused-ring (bicyclic) bond motifs is 1. The number of halogens is 1. The molecule has 1 aliphatic rings. The lowest BCUT2D eigenvalue weighted by molar-refractivity contribution is -0.114. The molecule has 0 radical (unpaired) electrons. The molecule has 0 saturated heterocycles. The minimum atomic E-state index is -0.378. The molecule has 0 unspecified atom stereocenters. The Morgan fingerprint density at radius 3 is 2.43 bits per heavy atom. The van der Waals surface area contributed by atoms with Gasteiger partial charge in [-0.25, -0.2) is 5.84 Å². The van der Waals surface area contributed by atoms with Crippen molar-refractivity contribution in [2.75, 3.05) is 16.8 Å². The fraction of sp³-hybridized carbons (Fsp3) is 0.0625. The van der Waals surface area contributed by atoms with Crippen molar-refractivity contribution < 1.29 is 4.79 Å². The van der Waals surface area contributed by atoms with Gasteiger partial charge >= 0.3 is 0 Å². The van der Waals surface area contributed by atoms with Crippen molar-refractivity contribution in [2.24, 2.45) is 11.6 Å². The number of carbonyl (C=O) groups is 1. The maximum Gasteiger partial charge on any atom is 0.282 e. The van der Waals surface area contributed by atoms with Crippen molar-refractivity contribution in [3.05, 3.63) is 65.1 Å². The van der Waals surface area contributed by atoms with Crippen LogP contribution in [0.3, 0.4) is 0 Å². The fourth-order valence-corrected chi connectivity index (χ4v) is 2.77. The van der Waals surface area contributed by atoms with Crippen LogP contribution in [-0.2, 0) is 4.79 Å². The van der Waals surface area contributed by atoms with Crippen molar-refractivity contribution in [3.63, 3.8) is 0 Å². The minimum Gasteiger partial charge on any atom is -0.391 e. The van der Waals surface area contributed by atoms with Crippen LogP contribution in [-0.4, -0.2) is 13.0 Å². The van der Waals surface area contributed by atoms with Crippen LogP contribution in [0.5, 0.6) is 0 Å². The van der Waals surface area contributed by atoms with Crippen LogP contribution in [0, 0.1) is 0 Å². The number of hydrazine groups is 1. The van der Waals surface area contributed by atoms with E-state index >= 15 is 0 Å². The van der Waals surface area contributed by atoms with Crippen LogP contribution in [0.1, 0.15) is 0 Å². The van der Waals surface area contributed by atoms with E-state index in [9.17, 15) is 4.79 Å². The number of nitrogens with one attached hydrogen (secondary N) is 1. The third-order valence-corrected chi connectivity index (χ3v) is 3.95. The van der Waals surface area contributed by atoms with E-state index in [1.54, 1.807) is 24.1 Å². The summed E-state index contributed by atoms with van der Waals surface area (Å²) in [5, 5.41) is 0.522. The Morgan fingerprint density at radius 1 is 1.09 bits per heavy atom. The fourth-order valence-electron chi connectivity index (χ4n) is 2.60. The second-order valence-corrected chi connectivity index (χ2v) is 5.51. The lowest BCUT2D eigenvalue weighted by Gasteiger charge is -2.25. The summed E-state index contributed by atoms with van der Waals surface area (Å²) in [5.41, 5.74) is 10.6. The summed E-state index contributed by atoms with van der Waals surface area (Å²) in [6.07, 6.45) is 0. The number of hydrogen-bond acceptors (Lipinski definition) is 5. The van der Waals surface area contributed by atoms with E-state index in [4.69, 9.17) is 23.2 Å². The Bertz CT molecular complexity index is 790. The molecule has 2 aromatic carbocycles. The van der Waals surface area contributed by atoms with Crippen LogP contribution < -0.4 is 26.8 Å². The molecule has 0 fully saturated rings. The highest BCUT2D eigenvalue weighted by molar-refractivity contribution is 6.31. The lowest BCUT2D eigenvalue weighted by Crippen LogP contribution is -2.38. The van der Waals surface area contributed by atoms with E-state index in [1.165, 1.54) is 4.90 Å². The average molecular weight is 330 g/mol. The van der Waals surface area contributed by atoms with Crippen molar-refractivity contribution in [3.8, 4) is 0 Å². The molecule has 0 spiro atoms. The standard InChI is InChI=1S/C16H16ClN5O/c1-21-12-8-7-10(17)9-13(12)22(11-5-3-2-4-6-11)16(23)14(18)15(21)20-19/h2-9,20H,18-19H2,1H3. The van der Waals surface area contributed by atoms with Gasteiger partial charge in [-0.3, -0.25) is 9.69 Å². The van der Waals surface area contributed by atoms with Gasteiger partial charge in [0.1, 0.15) is 11.5 Å². The number of nitrogens with zero attached hydrogens (tertiary/aromatic N) is 2. The molecular formula is C16H16ClN5O. The van der Waals surface area contributed by atoms with E-state index in [2.05, 4.69) is 5.43 Å². The molecule has 0 atom stereocenters. The van der Waals surface area contributed by atoms with Gasteiger partial charge in [-0.05, 0) is 30.3 Å². The highest BCUT2D eigenvalue weighted by atomic mass is 35.5. The number of nitrogens with two attached hydrogens (primary N) is 2. The van der Waals surface area contributed by atoms with E-state index in [0.29, 0.717) is 22.2 Å². The highest BCUT2D eigenvalue weighted by Gasteiger charge is 2.31. The highest BCUT2D eigenvalue weighted by Crippen LogP contribution is 2.39. The van der Waals surface area contributed by atoms with Gasteiger partial charge in [0, 0.05) is 17.8 Å². The SMILES string of the molecule is CN1C(NN)=C(N)C(=O)N(c2ccccc2)c2cc(Cl)ccc21. The maximum atomic E-state index is 12.9. The normalized spacial score (nSPS) is 14.7. The number of para-hydroxylation sites is 1. The smallest absolute Gasteiger partial charge is 0.282 e. The Kier molecular flexibility index (Phi) is 3.85. The third kappa shape index (κ3) is 2.48. The molecule has 1 aliphatic heterocycles. The number of carbonyl (C=O) groups excluding carboxylic acids is 1. The largest absolute Gasteiger partial charge is 0.391 e. The monoisotopic (exact) mass is 329 g/mol. The van der Waals surface area contributed by atoms with E-state index in [1.807, 2.05) is 36.4 Å². The zero-order chi connectivity index (χ0) is 16.6. The van der Waals surface area contributed by atoms with Crippen molar-refractivity contribution in [2.45, 2.75) is 0 Å². The minimum absolute atomic E-state index is 0.0196. The van der Waals surface area contributed by atoms with E-state index in [-0.39, 0.29) is 11.6 Å². The number of hydrogen-bond donors (Lipinski definition) is 3. The molecule has 2 aromatic rings. The van der Waals surface area contributed by atoms with Gasteiger partial charge in [0.25, 0.3) is 5.91 Å². The average Bonchev–Trinajstić information content (AvgIpc) is 2.63. The summed E-state index contributed by atoms with van der Waals surface area (Å²) < 4.78 is 0.